The highest BCUT2D eigenvalue weighted by Crippen LogP contribution is 2.15. The lowest BCUT2D eigenvalue weighted by molar-refractivity contribution is -0.136. The van der Waals surface area contributed by atoms with Crippen LogP contribution in [0.4, 0.5) is 5.69 Å². The Kier molecular flexibility index (Phi) is 6.56. The minimum atomic E-state index is -0.660. The molecule has 0 bridgehead atoms. The summed E-state index contributed by atoms with van der Waals surface area (Å²) < 4.78 is 5.44. The summed E-state index contributed by atoms with van der Waals surface area (Å²) in [4.78, 5) is 23.2. The Bertz CT molecular complexity index is 443. The first-order valence-electron chi connectivity index (χ1n) is 6.91. The summed E-state index contributed by atoms with van der Waals surface area (Å²) in [5.41, 5.74) is 0.568. The molecule has 0 spiro atoms. The van der Waals surface area contributed by atoms with Gasteiger partial charge in [-0.3, -0.25) is 9.59 Å². The Morgan fingerprint density at radius 2 is 1.80 bits per heavy atom. The molecule has 20 heavy (non-hydrogen) atoms. The van der Waals surface area contributed by atoms with Crippen molar-refractivity contribution in [3.05, 3.63) is 24.3 Å². The Morgan fingerprint density at radius 1 is 1.15 bits per heavy atom. The SMILES string of the molecule is CCCOc1ccc(NC(=O)C(=O)N[C@@H](C)CC)cc1. The van der Waals surface area contributed by atoms with Gasteiger partial charge in [0.25, 0.3) is 0 Å². The fraction of sp³-hybridized carbons (Fsp3) is 0.467. The van der Waals surface area contributed by atoms with E-state index < -0.39 is 11.8 Å². The van der Waals surface area contributed by atoms with Gasteiger partial charge in [0.05, 0.1) is 6.61 Å². The maximum Gasteiger partial charge on any atom is 0.313 e. The smallest absolute Gasteiger partial charge is 0.313 e. The average molecular weight is 278 g/mol. The Hall–Kier alpha value is -2.04. The van der Waals surface area contributed by atoms with Crippen molar-refractivity contribution in [3.8, 4) is 5.75 Å². The normalized spacial score (nSPS) is 11.6. The molecule has 0 aromatic heterocycles. The molecule has 1 atom stereocenters. The molecule has 5 heteroatoms. The van der Waals surface area contributed by atoms with Gasteiger partial charge in [-0.25, -0.2) is 0 Å². The molecular formula is C15H22N2O3. The first-order chi connectivity index (χ1) is 9.56. The zero-order chi connectivity index (χ0) is 15.0. The van der Waals surface area contributed by atoms with Gasteiger partial charge in [0.15, 0.2) is 0 Å². The molecule has 2 N–H and O–H groups in total. The van der Waals surface area contributed by atoms with E-state index in [0.717, 1.165) is 18.6 Å². The second kappa shape index (κ2) is 8.19. The lowest BCUT2D eigenvalue weighted by Crippen LogP contribution is -2.40. The van der Waals surface area contributed by atoms with Crippen molar-refractivity contribution in [2.24, 2.45) is 0 Å². The number of amides is 2. The van der Waals surface area contributed by atoms with Gasteiger partial charge < -0.3 is 15.4 Å². The number of carbonyl (C=O) groups is 2. The molecule has 0 aliphatic heterocycles. The summed E-state index contributed by atoms with van der Waals surface area (Å²) in [6, 6.07) is 6.92. The lowest BCUT2D eigenvalue weighted by Gasteiger charge is -2.11. The minimum Gasteiger partial charge on any atom is -0.494 e. The van der Waals surface area contributed by atoms with Crippen LogP contribution in [0.3, 0.4) is 0 Å². The topological polar surface area (TPSA) is 67.4 Å². The van der Waals surface area contributed by atoms with Crippen molar-refractivity contribution in [2.75, 3.05) is 11.9 Å². The monoisotopic (exact) mass is 278 g/mol. The molecule has 1 rings (SSSR count). The van der Waals surface area contributed by atoms with Crippen molar-refractivity contribution < 1.29 is 14.3 Å². The van der Waals surface area contributed by atoms with Crippen LogP contribution in [0.2, 0.25) is 0 Å². The lowest BCUT2D eigenvalue weighted by atomic mass is 10.2. The van der Waals surface area contributed by atoms with Crippen LogP contribution in [0, 0.1) is 0 Å². The minimum absolute atomic E-state index is 0.0157. The summed E-state index contributed by atoms with van der Waals surface area (Å²) in [6.07, 6.45) is 1.72. The number of benzene rings is 1. The van der Waals surface area contributed by atoms with Crippen LogP contribution in [0.25, 0.3) is 0 Å². The quantitative estimate of drug-likeness (QED) is 0.785. The Morgan fingerprint density at radius 3 is 2.35 bits per heavy atom. The third-order valence-electron chi connectivity index (χ3n) is 2.78. The van der Waals surface area contributed by atoms with Crippen molar-refractivity contribution in [3.63, 3.8) is 0 Å². The highest BCUT2D eigenvalue weighted by molar-refractivity contribution is 6.39. The molecule has 0 unspecified atom stereocenters. The number of ether oxygens (including phenoxy) is 1. The zero-order valence-electron chi connectivity index (χ0n) is 12.2. The van der Waals surface area contributed by atoms with E-state index in [1.165, 1.54) is 0 Å². The van der Waals surface area contributed by atoms with E-state index in [1.54, 1.807) is 24.3 Å². The van der Waals surface area contributed by atoms with Gasteiger partial charge >= 0.3 is 11.8 Å². The Balaban J connectivity index is 2.51. The Labute approximate surface area is 119 Å². The molecule has 0 saturated carbocycles. The van der Waals surface area contributed by atoms with Crippen molar-refractivity contribution >= 4 is 17.5 Å². The van der Waals surface area contributed by atoms with Crippen LogP contribution in [-0.2, 0) is 9.59 Å². The molecule has 1 aromatic rings. The van der Waals surface area contributed by atoms with Gasteiger partial charge in [-0.1, -0.05) is 13.8 Å². The van der Waals surface area contributed by atoms with Crippen LogP contribution < -0.4 is 15.4 Å². The van der Waals surface area contributed by atoms with E-state index in [9.17, 15) is 9.59 Å². The maximum atomic E-state index is 11.7. The molecular weight excluding hydrogens is 256 g/mol. The van der Waals surface area contributed by atoms with E-state index in [-0.39, 0.29) is 6.04 Å². The van der Waals surface area contributed by atoms with Gasteiger partial charge in [0, 0.05) is 11.7 Å². The number of nitrogens with one attached hydrogen (secondary N) is 2. The fourth-order valence-corrected chi connectivity index (χ4v) is 1.43. The predicted molar refractivity (Wildman–Crippen MR) is 78.8 cm³/mol. The first-order valence-corrected chi connectivity index (χ1v) is 6.91. The van der Waals surface area contributed by atoms with E-state index in [2.05, 4.69) is 10.6 Å². The number of hydrogen-bond donors (Lipinski definition) is 2. The van der Waals surface area contributed by atoms with E-state index in [1.807, 2.05) is 20.8 Å². The third-order valence-corrected chi connectivity index (χ3v) is 2.78. The second-order valence-electron chi connectivity index (χ2n) is 4.61. The highest BCUT2D eigenvalue weighted by Gasteiger charge is 2.15. The van der Waals surface area contributed by atoms with Gasteiger partial charge in [0.1, 0.15) is 5.75 Å². The summed E-state index contributed by atoms with van der Waals surface area (Å²) in [7, 11) is 0. The number of hydrogen-bond acceptors (Lipinski definition) is 3. The molecule has 1 aromatic carbocycles. The van der Waals surface area contributed by atoms with E-state index in [4.69, 9.17) is 4.74 Å². The standard InChI is InChI=1S/C15H22N2O3/c1-4-10-20-13-8-6-12(7-9-13)17-15(19)14(18)16-11(3)5-2/h6-9,11H,4-5,10H2,1-3H3,(H,16,18)(H,17,19)/t11-/m0/s1. The van der Waals surface area contributed by atoms with Crippen LogP contribution in [0.1, 0.15) is 33.6 Å². The zero-order valence-corrected chi connectivity index (χ0v) is 12.2. The summed E-state index contributed by atoms with van der Waals surface area (Å²) >= 11 is 0. The summed E-state index contributed by atoms with van der Waals surface area (Å²) in [5.74, 6) is -0.535. The highest BCUT2D eigenvalue weighted by atomic mass is 16.5. The molecule has 0 aliphatic rings. The van der Waals surface area contributed by atoms with Gasteiger partial charge in [-0.2, -0.15) is 0 Å². The molecule has 0 heterocycles. The molecule has 0 fully saturated rings. The molecule has 2 amide bonds. The van der Waals surface area contributed by atoms with Crippen LogP contribution in [0.5, 0.6) is 5.75 Å². The molecule has 0 saturated heterocycles. The summed E-state index contributed by atoms with van der Waals surface area (Å²) in [5, 5.41) is 5.16. The van der Waals surface area contributed by atoms with Gasteiger partial charge in [-0.05, 0) is 44.0 Å². The van der Waals surface area contributed by atoms with Crippen molar-refractivity contribution in [1.29, 1.82) is 0 Å². The van der Waals surface area contributed by atoms with Crippen LogP contribution in [0.15, 0.2) is 24.3 Å². The van der Waals surface area contributed by atoms with Crippen molar-refractivity contribution in [2.45, 2.75) is 39.7 Å². The molecule has 5 nitrogen and oxygen atoms in total. The predicted octanol–water partition coefficient (Wildman–Crippen LogP) is 2.33. The maximum absolute atomic E-state index is 11.7. The van der Waals surface area contributed by atoms with Crippen LogP contribution >= 0.6 is 0 Å². The molecule has 110 valence electrons. The number of rotatable bonds is 6. The second-order valence-corrected chi connectivity index (χ2v) is 4.61. The summed E-state index contributed by atoms with van der Waals surface area (Å²) in [6.45, 7) is 6.48. The number of carbonyl (C=O) groups excluding carboxylic acids is 2. The third kappa shape index (κ3) is 5.30. The van der Waals surface area contributed by atoms with E-state index >= 15 is 0 Å². The molecule has 0 radical (unpaired) electrons. The first kappa shape index (κ1) is 16.0. The van der Waals surface area contributed by atoms with Gasteiger partial charge in [0.2, 0.25) is 0 Å². The van der Waals surface area contributed by atoms with Crippen molar-refractivity contribution in [1.82, 2.24) is 5.32 Å². The van der Waals surface area contributed by atoms with E-state index in [0.29, 0.717) is 12.3 Å². The number of anilines is 1. The largest absolute Gasteiger partial charge is 0.494 e. The fourth-order valence-electron chi connectivity index (χ4n) is 1.43. The van der Waals surface area contributed by atoms with Crippen LogP contribution in [-0.4, -0.2) is 24.5 Å². The molecule has 0 aliphatic carbocycles. The average Bonchev–Trinajstić information content (AvgIpc) is 2.46. The van der Waals surface area contributed by atoms with Gasteiger partial charge in [-0.15, -0.1) is 0 Å².